The van der Waals surface area contributed by atoms with Crippen LogP contribution < -0.4 is 4.90 Å². The third-order valence-electron chi connectivity index (χ3n) is 7.96. The molecule has 184 valence electrons. The Morgan fingerprint density at radius 2 is 1.08 bits per heavy atom. The maximum Gasteiger partial charge on any atom is 0.0491 e. The van der Waals surface area contributed by atoms with Crippen LogP contribution in [0.5, 0.6) is 0 Å². The molecule has 0 unspecified atom stereocenters. The Bertz CT molecular complexity index is 1370. The summed E-state index contributed by atoms with van der Waals surface area (Å²) in [4.78, 5) is 4.80. The summed E-state index contributed by atoms with van der Waals surface area (Å²) in [5, 5.41) is 0. The van der Waals surface area contributed by atoms with Crippen LogP contribution in [0, 0.1) is 6.92 Å². The van der Waals surface area contributed by atoms with Gasteiger partial charge >= 0.3 is 0 Å². The molecule has 0 amide bonds. The third-order valence-corrected chi connectivity index (χ3v) is 9.01. The van der Waals surface area contributed by atoms with Gasteiger partial charge in [0.1, 0.15) is 0 Å². The first-order valence-electron chi connectivity index (χ1n) is 12.3. The Morgan fingerprint density at radius 1 is 0.611 bits per heavy atom. The highest BCUT2D eigenvalue weighted by Crippen LogP contribution is 2.49. The average molecular weight is 604 g/mol. The minimum absolute atomic E-state index is 0.0101. The summed E-state index contributed by atoms with van der Waals surface area (Å²) >= 11 is 7.16. The highest BCUT2D eigenvalue weighted by atomic mass is 79.9. The van der Waals surface area contributed by atoms with Crippen molar-refractivity contribution in [1.29, 1.82) is 0 Å². The van der Waals surface area contributed by atoms with Crippen LogP contribution in [-0.2, 0) is 11.1 Å². The van der Waals surface area contributed by atoms with Gasteiger partial charge in [0.05, 0.1) is 0 Å². The van der Waals surface area contributed by atoms with E-state index in [0.29, 0.717) is 0 Å². The molecule has 0 fully saturated rings. The Kier molecular flexibility index (Phi) is 6.43. The quantitative estimate of drug-likeness (QED) is 0.229. The minimum Gasteiger partial charge on any atom is -0.310 e. The molecule has 4 heteroatoms. The van der Waals surface area contributed by atoms with Crippen LogP contribution in [0.4, 0.5) is 17.1 Å². The number of hydrogen-bond acceptors (Lipinski definition) is 2. The highest BCUT2D eigenvalue weighted by molar-refractivity contribution is 9.10. The van der Waals surface area contributed by atoms with Crippen LogP contribution in [0.2, 0.25) is 0 Å². The monoisotopic (exact) mass is 602 g/mol. The zero-order valence-electron chi connectivity index (χ0n) is 21.7. The van der Waals surface area contributed by atoms with Gasteiger partial charge in [0.2, 0.25) is 0 Å². The normalized spacial score (nSPS) is 16.1. The summed E-state index contributed by atoms with van der Waals surface area (Å²) in [7, 11) is 2.23. The predicted octanol–water partition coefficient (Wildman–Crippen LogP) is 10.1. The van der Waals surface area contributed by atoms with E-state index in [-0.39, 0.29) is 11.1 Å². The number of halogens is 2. The molecule has 5 rings (SSSR count). The van der Waals surface area contributed by atoms with Gasteiger partial charge in [0, 0.05) is 37.1 Å². The molecule has 0 aliphatic carbocycles. The molecule has 0 radical (unpaired) electrons. The fourth-order valence-corrected chi connectivity index (χ4v) is 6.05. The Balaban J connectivity index is 1.58. The summed E-state index contributed by atoms with van der Waals surface area (Å²) in [6.07, 6.45) is 0. The number of anilines is 3. The number of nitrogens with zero attached hydrogens (tertiary/aromatic N) is 2. The van der Waals surface area contributed by atoms with Crippen molar-refractivity contribution in [1.82, 2.24) is 4.90 Å². The van der Waals surface area contributed by atoms with Crippen molar-refractivity contribution in [3.63, 3.8) is 0 Å². The van der Waals surface area contributed by atoms with Crippen molar-refractivity contribution in [2.75, 3.05) is 11.9 Å². The molecule has 1 heterocycles. The fraction of sp³-hybridized carbons (Fsp3) is 0.250. The van der Waals surface area contributed by atoms with Crippen LogP contribution in [0.3, 0.4) is 0 Å². The van der Waals surface area contributed by atoms with E-state index in [1.807, 2.05) is 0 Å². The standard InChI is InChI=1S/C32H32Br2N2/c1-21-19-22(23-7-17-28-29(20-23)32(4,5)35(6)31(28,2)3)8-18-30(21)36(26-13-9-24(33)10-14-26)27-15-11-25(34)12-16-27/h7-20H,1-6H3. The van der Waals surface area contributed by atoms with Gasteiger partial charge in [-0.1, -0.05) is 50.1 Å². The first-order valence-corrected chi connectivity index (χ1v) is 13.9. The van der Waals surface area contributed by atoms with Gasteiger partial charge in [-0.25, -0.2) is 0 Å². The van der Waals surface area contributed by atoms with Crippen LogP contribution in [-0.4, -0.2) is 11.9 Å². The van der Waals surface area contributed by atoms with Crippen molar-refractivity contribution in [2.24, 2.45) is 0 Å². The molecule has 2 nitrogen and oxygen atoms in total. The van der Waals surface area contributed by atoms with Crippen molar-refractivity contribution in [3.8, 4) is 11.1 Å². The first-order chi connectivity index (χ1) is 17.0. The van der Waals surface area contributed by atoms with Crippen LogP contribution in [0.15, 0.2) is 93.9 Å². The van der Waals surface area contributed by atoms with Gasteiger partial charge in [-0.2, -0.15) is 0 Å². The number of aryl methyl sites for hydroxylation is 1. The molecule has 36 heavy (non-hydrogen) atoms. The first kappa shape index (κ1) is 25.3. The van der Waals surface area contributed by atoms with Gasteiger partial charge in [-0.3, -0.25) is 4.90 Å². The second kappa shape index (κ2) is 9.16. The Hall–Kier alpha value is -2.40. The summed E-state index contributed by atoms with van der Waals surface area (Å²) in [5.74, 6) is 0. The summed E-state index contributed by atoms with van der Waals surface area (Å²) in [6.45, 7) is 11.5. The molecule has 0 atom stereocenters. The van der Waals surface area contributed by atoms with E-state index in [1.54, 1.807) is 0 Å². The van der Waals surface area contributed by atoms with E-state index in [9.17, 15) is 0 Å². The topological polar surface area (TPSA) is 6.48 Å². The van der Waals surface area contributed by atoms with Gasteiger partial charge < -0.3 is 4.90 Å². The highest BCUT2D eigenvalue weighted by Gasteiger charge is 2.46. The van der Waals surface area contributed by atoms with Gasteiger partial charge in [-0.05, 0) is 136 Å². The molecule has 1 aliphatic rings. The molecule has 4 aromatic carbocycles. The van der Waals surface area contributed by atoms with Crippen molar-refractivity contribution < 1.29 is 0 Å². The molecule has 0 saturated carbocycles. The maximum atomic E-state index is 3.58. The van der Waals surface area contributed by atoms with E-state index in [0.717, 1.165) is 20.3 Å². The van der Waals surface area contributed by atoms with Gasteiger partial charge in [-0.15, -0.1) is 0 Å². The lowest BCUT2D eigenvalue weighted by atomic mass is 9.87. The van der Waals surface area contributed by atoms with E-state index >= 15 is 0 Å². The second-order valence-electron chi connectivity index (χ2n) is 10.7. The molecule has 0 saturated heterocycles. The maximum absolute atomic E-state index is 3.58. The predicted molar refractivity (Wildman–Crippen MR) is 161 cm³/mol. The summed E-state index contributed by atoms with van der Waals surface area (Å²) in [6, 6.07) is 30.8. The fourth-order valence-electron chi connectivity index (χ4n) is 5.52. The van der Waals surface area contributed by atoms with E-state index in [2.05, 4.69) is 168 Å². The van der Waals surface area contributed by atoms with E-state index in [4.69, 9.17) is 0 Å². The zero-order chi connectivity index (χ0) is 25.8. The average Bonchev–Trinajstić information content (AvgIpc) is 2.99. The molecular weight excluding hydrogens is 572 g/mol. The SMILES string of the molecule is Cc1cc(-c2ccc3c(c2)C(C)(C)N(C)C3(C)C)ccc1N(c1ccc(Br)cc1)c1ccc(Br)cc1. The lowest BCUT2D eigenvalue weighted by Crippen LogP contribution is -2.42. The molecular formula is C32H32Br2N2. The number of rotatable bonds is 4. The molecule has 4 aromatic rings. The molecule has 0 aromatic heterocycles. The zero-order valence-corrected chi connectivity index (χ0v) is 24.9. The molecule has 0 bridgehead atoms. The van der Waals surface area contributed by atoms with Crippen molar-refractivity contribution >= 4 is 48.9 Å². The van der Waals surface area contributed by atoms with Crippen LogP contribution in [0.1, 0.15) is 44.4 Å². The number of fused-ring (bicyclic) bond motifs is 1. The minimum atomic E-state index is -0.0101. The molecule has 0 spiro atoms. The Morgan fingerprint density at radius 3 is 1.61 bits per heavy atom. The lowest BCUT2D eigenvalue weighted by Gasteiger charge is -2.37. The van der Waals surface area contributed by atoms with Crippen molar-refractivity contribution in [3.05, 3.63) is 111 Å². The smallest absolute Gasteiger partial charge is 0.0491 e. The van der Waals surface area contributed by atoms with Gasteiger partial charge in [0.15, 0.2) is 0 Å². The molecule has 0 N–H and O–H groups in total. The van der Waals surface area contributed by atoms with E-state index in [1.165, 1.54) is 33.5 Å². The second-order valence-corrected chi connectivity index (χ2v) is 12.6. The largest absolute Gasteiger partial charge is 0.310 e. The summed E-state index contributed by atoms with van der Waals surface area (Å²) < 4.78 is 2.14. The third kappa shape index (κ3) is 4.23. The van der Waals surface area contributed by atoms with Crippen LogP contribution in [0.25, 0.3) is 11.1 Å². The summed E-state index contributed by atoms with van der Waals surface area (Å²) in [5.41, 5.74) is 10.0. The van der Waals surface area contributed by atoms with E-state index < -0.39 is 0 Å². The molecule has 1 aliphatic heterocycles. The van der Waals surface area contributed by atoms with Crippen molar-refractivity contribution in [2.45, 2.75) is 45.7 Å². The Labute approximate surface area is 232 Å². The number of hydrogen-bond donors (Lipinski definition) is 0. The van der Waals surface area contributed by atoms with Crippen LogP contribution >= 0.6 is 31.9 Å². The number of benzene rings is 4. The lowest BCUT2D eigenvalue weighted by molar-refractivity contribution is 0.0730. The van der Waals surface area contributed by atoms with Gasteiger partial charge in [0.25, 0.3) is 0 Å².